The molecule has 1 aromatic carbocycles. The van der Waals surface area contributed by atoms with Crippen molar-refractivity contribution in [2.45, 2.75) is 62.3 Å². The van der Waals surface area contributed by atoms with Crippen molar-refractivity contribution in [2.75, 3.05) is 7.05 Å². The summed E-state index contributed by atoms with van der Waals surface area (Å²) in [4.78, 5) is 3.95. The van der Waals surface area contributed by atoms with Crippen LogP contribution in [-0.4, -0.2) is 22.2 Å². The first-order valence-corrected chi connectivity index (χ1v) is 7.45. The van der Waals surface area contributed by atoms with Crippen LogP contribution >= 0.6 is 11.8 Å². The third kappa shape index (κ3) is 1.81. The second-order valence-corrected chi connectivity index (χ2v) is 8.45. The van der Waals surface area contributed by atoms with Crippen LogP contribution in [0.1, 0.15) is 47.1 Å². The second kappa shape index (κ2) is 4.01. The predicted molar refractivity (Wildman–Crippen MR) is 81.2 cm³/mol. The fourth-order valence-electron chi connectivity index (χ4n) is 2.74. The molecule has 0 unspecified atom stereocenters. The standard InChI is InChI=1S/C16H25NS/c1-14(2)12-10-8-9-11-13(12)18-16(5,6)15(3,4)17(14)7/h8-11H,1-7H3. The zero-order valence-corrected chi connectivity index (χ0v) is 13.5. The van der Waals surface area contributed by atoms with Gasteiger partial charge in [-0.25, -0.2) is 0 Å². The molecule has 1 nitrogen and oxygen atoms in total. The molecule has 0 spiro atoms. The molecular formula is C16H25NS. The van der Waals surface area contributed by atoms with E-state index in [0.29, 0.717) is 0 Å². The lowest BCUT2D eigenvalue weighted by Crippen LogP contribution is -2.59. The Morgan fingerprint density at radius 3 is 2.11 bits per heavy atom. The minimum atomic E-state index is 0.0564. The minimum Gasteiger partial charge on any atom is -0.291 e. The quantitative estimate of drug-likeness (QED) is 0.677. The van der Waals surface area contributed by atoms with Crippen molar-refractivity contribution in [3.8, 4) is 0 Å². The van der Waals surface area contributed by atoms with E-state index in [1.54, 1.807) is 0 Å². The summed E-state index contributed by atoms with van der Waals surface area (Å²) in [5.74, 6) is 0. The summed E-state index contributed by atoms with van der Waals surface area (Å²) in [6, 6.07) is 8.84. The summed E-state index contributed by atoms with van der Waals surface area (Å²) in [5, 5.41) is 0. The molecule has 100 valence electrons. The molecule has 1 aliphatic rings. The fraction of sp³-hybridized carbons (Fsp3) is 0.625. The maximum absolute atomic E-state index is 2.53. The molecular weight excluding hydrogens is 238 g/mol. The van der Waals surface area contributed by atoms with Gasteiger partial charge >= 0.3 is 0 Å². The Morgan fingerprint density at radius 1 is 0.944 bits per heavy atom. The van der Waals surface area contributed by atoms with E-state index in [2.05, 4.69) is 77.8 Å². The summed E-state index contributed by atoms with van der Waals surface area (Å²) in [6.45, 7) is 14.1. The van der Waals surface area contributed by atoms with Gasteiger partial charge in [0.15, 0.2) is 0 Å². The predicted octanol–water partition coefficient (Wildman–Crippen LogP) is 4.52. The Kier molecular flexibility index (Phi) is 3.11. The van der Waals surface area contributed by atoms with Gasteiger partial charge in [0, 0.05) is 20.7 Å². The second-order valence-electron chi connectivity index (χ2n) is 6.79. The fourth-order valence-corrected chi connectivity index (χ4v) is 4.26. The molecule has 0 amide bonds. The van der Waals surface area contributed by atoms with Crippen molar-refractivity contribution >= 4 is 11.8 Å². The van der Waals surface area contributed by atoms with Crippen molar-refractivity contribution in [2.24, 2.45) is 0 Å². The number of benzene rings is 1. The SMILES string of the molecule is CN1C(C)(C)c2ccccc2SC(C)(C)C1(C)C. The highest BCUT2D eigenvalue weighted by Crippen LogP contribution is 2.52. The lowest BCUT2D eigenvalue weighted by molar-refractivity contribution is 0.0247. The van der Waals surface area contributed by atoms with E-state index in [1.807, 2.05) is 11.8 Å². The van der Waals surface area contributed by atoms with Crippen LogP contribution in [0.25, 0.3) is 0 Å². The number of hydrogen-bond acceptors (Lipinski definition) is 2. The molecule has 18 heavy (non-hydrogen) atoms. The highest BCUT2D eigenvalue weighted by Gasteiger charge is 2.49. The Hall–Kier alpha value is -0.470. The molecule has 0 aliphatic carbocycles. The van der Waals surface area contributed by atoms with Crippen molar-refractivity contribution < 1.29 is 0 Å². The average Bonchev–Trinajstić information content (AvgIpc) is 2.30. The number of hydrogen-bond donors (Lipinski definition) is 0. The molecule has 0 saturated carbocycles. The number of nitrogens with zero attached hydrogens (tertiary/aromatic N) is 1. The zero-order chi connectivity index (χ0) is 13.8. The van der Waals surface area contributed by atoms with Crippen LogP contribution in [0.2, 0.25) is 0 Å². The monoisotopic (exact) mass is 263 g/mol. The van der Waals surface area contributed by atoms with Crippen molar-refractivity contribution in [1.29, 1.82) is 0 Å². The van der Waals surface area contributed by atoms with Gasteiger partial charge in [-0.05, 0) is 60.2 Å². The zero-order valence-electron chi connectivity index (χ0n) is 12.7. The smallest absolute Gasteiger partial charge is 0.0418 e. The number of thioether (sulfide) groups is 1. The number of fused-ring (bicyclic) bond motifs is 1. The van der Waals surface area contributed by atoms with Gasteiger partial charge in [0.25, 0.3) is 0 Å². The van der Waals surface area contributed by atoms with E-state index < -0.39 is 0 Å². The Morgan fingerprint density at radius 2 is 1.50 bits per heavy atom. The van der Waals surface area contributed by atoms with Crippen LogP contribution in [-0.2, 0) is 5.54 Å². The summed E-state index contributed by atoms with van der Waals surface area (Å²) in [7, 11) is 2.25. The van der Waals surface area contributed by atoms with Crippen LogP contribution in [0.5, 0.6) is 0 Å². The first kappa shape index (κ1) is 14.0. The van der Waals surface area contributed by atoms with Gasteiger partial charge in [0.1, 0.15) is 0 Å². The molecule has 0 saturated heterocycles. The summed E-state index contributed by atoms with van der Waals surface area (Å²) >= 11 is 2.01. The lowest BCUT2D eigenvalue weighted by Gasteiger charge is -2.51. The molecule has 2 heteroatoms. The van der Waals surface area contributed by atoms with Crippen LogP contribution in [0.15, 0.2) is 29.2 Å². The van der Waals surface area contributed by atoms with Crippen LogP contribution in [0, 0.1) is 0 Å². The molecule has 2 rings (SSSR count). The van der Waals surface area contributed by atoms with Gasteiger partial charge in [0.2, 0.25) is 0 Å². The van der Waals surface area contributed by atoms with Crippen LogP contribution < -0.4 is 0 Å². The Bertz CT molecular complexity index is 460. The van der Waals surface area contributed by atoms with Gasteiger partial charge in [0.05, 0.1) is 0 Å². The summed E-state index contributed by atoms with van der Waals surface area (Å²) in [5.41, 5.74) is 1.62. The van der Waals surface area contributed by atoms with Gasteiger partial charge in [-0.2, -0.15) is 0 Å². The molecule has 0 radical (unpaired) electrons. The molecule has 1 aromatic rings. The molecule has 1 heterocycles. The highest BCUT2D eigenvalue weighted by atomic mass is 32.2. The molecule has 0 atom stereocenters. The average molecular weight is 263 g/mol. The number of rotatable bonds is 0. The topological polar surface area (TPSA) is 3.24 Å². The maximum Gasteiger partial charge on any atom is 0.0418 e. The molecule has 0 N–H and O–H groups in total. The van der Waals surface area contributed by atoms with Gasteiger partial charge < -0.3 is 0 Å². The van der Waals surface area contributed by atoms with E-state index in [0.717, 1.165) is 0 Å². The normalized spacial score (nSPS) is 25.3. The van der Waals surface area contributed by atoms with Crippen molar-refractivity contribution in [1.82, 2.24) is 4.90 Å². The lowest BCUT2D eigenvalue weighted by atomic mass is 9.82. The molecule has 0 bridgehead atoms. The molecule has 1 aliphatic heterocycles. The third-order valence-electron chi connectivity index (χ3n) is 5.06. The first-order valence-electron chi connectivity index (χ1n) is 6.63. The molecule has 0 aromatic heterocycles. The van der Waals surface area contributed by atoms with E-state index in [1.165, 1.54) is 10.5 Å². The van der Waals surface area contributed by atoms with E-state index >= 15 is 0 Å². The van der Waals surface area contributed by atoms with Crippen molar-refractivity contribution in [3.63, 3.8) is 0 Å². The van der Waals surface area contributed by atoms with Crippen LogP contribution in [0.3, 0.4) is 0 Å². The van der Waals surface area contributed by atoms with Gasteiger partial charge in [-0.3, -0.25) is 4.90 Å². The van der Waals surface area contributed by atoms with Gasteiger partial charge in [-0.15, -0.1) is 11.8 Å². The van der Waals surface area contributed by atoms with E-state index in [4.69, 9.17) is 0 Å². The van der Waals surface area contributed by atoms with Gasteiger partial charge in [-0.1, -0.05) is 18.2 Å². The minimum absolute atomic E-state index is 0.0564. The highest BCUT2D eigenvalue weighted by molar-refractivity contribution is 8.00. The Labute approximate surface area is 116 Å². The summed E-state index contributed by atoms with van der Waals surface area (Å²) < 4.78 is 0.172. The van der Waals surface area contributed by atoms with E-state index in [-0.39, 0.29) is 15.8 Å². The van der Waals surface area contributed by atoms with Crippen LogP contribution in [0.4, 0.5) is 0 Å². The molecule has 0 fully saturated rings. The largest absolute Gasteiger partial charge is 0.291 e. The first-order chi connectivity index (χ1) is 8.11. The summed E-state index contributed by atoms with van der Waals surface area (Å²) in [6.07, 6.45) is 0. The van der Waals surface area contributed by atoms with E-state index in [9.17, 15) is 0 Å². The Balaban J connectivity index is 2.68. The maximum atomic E-state index is 2.53. The van der Waals surface area contributed by atoms with Crippen molar-refractivity contribution in [3.05, 3.63) is 29.8 Å². The third-order valence-corrected chi connectivity index (χ3v) is 6.65.